The van der Waals surface area contributed by atoms with Crippen LogP contribution in [0.2, 0.25) is 19.6 Å². The molecular formula is C34H47NO7Si. The number of methoxy groups -OCH3 is 2. The molecule has 1 aliphatic heterocycles. The SMILES string of the molecule is COC(=O)[C@]1([C@@H](O)[C@@H]2C=CCCC2)N(Cc2ccc(OC)cc2)C(=O)[C@H](CCOCc2ccccc2)[C@]1(C)O[Si](C)(C)C. The minimum Gasteiger partial charge on any atom is -0.497 e. The quantitative estimate of drug-likeness (QED) is 0.139. The van der Waals surface area contributed by atoms with Crippen molar-refractivity contribution < 1.29 is 33.3 Å². The summed E-state index contributed by atoms with van der Waals surface area (Å²) in [5, 5.41) is 12.4. The van der Waals surface area contributed by atoms with E-state index in [0.29, 0.717) is 25.2 Å². The zero-order chi connectivity index (χ0) is 31.3. The van der Waals surface area contributed by atoms with Crippen molar-refractivity contribution in [1.82, 2.24) is 4.90 Å². The van der Waals surface area contributed by atoms with Gasteiger partial charge in [-0.05, 0) is 75.5 Å². The average molecular weight is 610 g/mol. The first-order valence-corrected chi connectivity index (χ1v) is 18.6. The van der Waals surface area contributed by atoms with Gasteiger partial charge in [0.1, 0.15) is 11.4 Å². The highest BCUT2D eigenvalue weighted by molar-refractivity contribution is 6.69. The Bertz CT molecular complexity index is 1260. The molecule has 2 aliphatic rings. The van der Waals surface area contributed by atoms with Gasteiger partial charge < -0.3 is 28.6 Å². The molecule has 0 aromatic heterocycles. The van der Waals surface area contributed by atoms with E-state index in [4.69, 9.17) is 18.6 Å². The molecule has 0 radical (unpaired) electrons. The molecule has 4 rings (SSSR count). The van der Waals surface area contributed by atoms with Crippen LogP contribution < -0.4 is 4.74 Å². The van der Waals surface area contributed by atoms with E-state index in [-0.39, 0.29) is 25.0 Å². The van der Waals surface area contributed by atoms with Crippen LogP contribution in [0, 0.1) is 11.8 Å². The maximum Gasteiger partial charge on any atom is 0.337 e. The molecule has 1 heterocycles. The normalized spacial score (nSPS) is 26.4. The summed E-state index contributed by atoms with van der Waals surface area (Å²) in [4.78, 5) is 30.5. The van der Waals surface area contributed by atoms with Gasteiger partial charge in [0.2, 0.25) is 5.91 Å². The maximum atomic E-state index is 14.7. The van der Waals surface area contributed by atoms with Crippen LogP contribution in [0.25, 0.3) is 0 Å². The zero-order valence-electron chi connectivity index (χ0n) is 26.4. The van der Waals surface area contributed by atoms with Gasteiger partial charge >= 0.3 is 5.97 Å². The van der Waals surface area contributed by atoms with Crippen LogP contribution in [0.5, 0.6) is 5.75 Å². The van der Waals surface area contributed by atoms with Gasteiger partial charge in [0.05, 0.1) is 32.8 Å². The Morgan fingerprint density at radius 1 is 1.07 bits per heavy atom. The predicted octanol–water partition coefficient (Wildman–Crippen LogP) is 5.50. The van der Waals surface area contributed by atoms with E-state index >= 15 is 0 Å². The van der Waals surface area contributed by atoms with Crippen LogP contribution in [-0.2, 0) is 36.6 Å². The van der Waals surface area contributed by atoms with Crippen molar-refractivity contribution >= 4 is 20.2 Å². The van der Waals surface area contributed by atoms with Crippen LogP contribution in [-0.4, -0.2) is 68.3 Å². The molecule has 0 spiro atoms. The monoisotopic (exact) mass is 609 g/mol. The Hall–Kier alpha value is -2.98. The van der Waals surface area contributed by atoms with Gasteiger partial charge in [0.15, 0.2) is 13.9 Å². The molecule has 1 amide bonds. The average Bonchev–Trinajstić information content (AvgIpc) is 3.17. The third-order valence-corrected chi connectivity index (χ3v) is 9.75. The molecule has 8 nitrogen and oxygen atoms in total. The lowest BCUT2D eigenvalue weighted by molar-refractivity contribution is -0.188. The number of nitrogens with zero attached hydrogens (tertiary/aromatic N) is 1. The Morgan fingerprint density at radius 2 is 1.77 bits per heavy atom. The third kappa shape index (κ3) is 6.75. The van der Waals surface area contributed by atoms with Gasteiger partial charge in [-0.25, -0.2) is 4.79 Å². The van der Waals surface area contributed by atoms with Gasteiger partial charge in [0.25, 0.3) is 0 Å². The van der Waals surface area contributed by atoms with E-state index in [9.17, 15) is 14.7 Å². The van der Waals surface area contributed by atoms with E-state index in [1.807, 2.05) is 93.3 Å². The fourth-order valence-electron chi connectivity index (χ4n) is 6.85. The number of benzene rings is 2. The summed E-state index contributed by atoms with van der Waals surface area (Å²) in [6, 6.07) is 17.2. The summed E-state index contributed by atoms with van der Waals surface area (Å²) >= 11 is 0. The number of likely N-dealkylation sites (tertiary alicyclic amines) is 1. The molecule has 0 saturated carbocycles. The molecule has 0 bridgehead atoms. The van der Waals surface area contributed by atoms with Crippen molar-refractivity contribution in [2.75, 3.05) is 20.8 Å². The first-order valence-electron chi connectivity index (χ1n) is 15.2. The lowest BCUT2D eigenvalue weighted by Crippen LogP contribution is -2.73. The summed E-state index contributed by atoms with van der Waals surface area (Å²) in [6.07, 6.45) is 5.55. The fraction of sp³-hybridized carbons (Fsp3) is 0.529. The van der Waals surface area contributed by atoms with E-state index in [1.165, 1.54) is 12.0 Å². The highest BCUT2D eigenvalue weighted by Gasteiger charge is 2.75. The fourth-order valence-corrected chi connectivity index (χ4v) is 8.42. The van der Waals surface area contributed by atoms with Gasteiger partial charge in [-0.15, -0.1) is 0 Å². The summed E-state index contributed by atoms with van der Waals surface area (Å²) in [7, 11) is 0.494. The molecule has 2 aromatic rings. The molecule has 9 heteroatoms. The molecular weight excluding hydrogens is 562 g/mol. The van der Waals surface area contributed by atoms with E-state index in [2.05, 4.69) is 0 Å². The number of hydrogen-bond acceptors (Lipinski definition) is 7. The second-order valence-electron chi connectivity index (χ2n) is 12.7. The molecule has 5 atom stereocenters. The standard InChI is InChI=1S/C34H47NO7Si/c1-33(42-43(4,5)6)29(21-22-41-24-26-13-9-7-10-14-26)31(37)35(23-25-17-19-28(39-2)20-18-25)34(33,32(38)40-3)30(36)27-15-11-8-12-16-27/h7,9-11,13-15,17-20,27,29-30,36H,8,12,16,21-24H2,1-6H3/t27-,29+,30+,33+,34+/m1/s1. The molecule has 1 saturated heterocycles. The molecule has 234 valence electrons. The van der Waals surface area contributed by atoms with Crippen molar-refractivity contribution in [3.05, 3.63) is 77.9 Å². The predicted molar refractivity (Wildman–Crippen MR) is 168 cm³/mol. The highest BCUT2D eigenvalue weighted by Crippen LogP contribution is 2.53. The zero-order valence-corrected chi connectivity index (χ0v) is 27.4. The van der Waals surface area contributed by atoms with E-state index < -0.39 is 37.4 Å². The van der Waals surface area contributed by atoms with Crippen molar-refractivity contribution in [3.8, 4) is 5.75 Å². The number of ether oxygens (including phenoxy) is 3. The molecule has 43 heavy (non-hydrogen) atoms. The van der Waals surface area contributed by atoms with Crippen LogP contribution in [0.4, 0.5) is 0 Å². The number of amides is 1. The summed E-state index contributed by atoms with van der Waals surface area (Å²) in [5.74, 6) is -1.35. The number of rotatable bonds is 13. The van der Waals surface area contributed by atoms with Gasteiger partial charge in [-0.2, -0.15) is 0 Å². The Labute approximate surface area is 257 Å². The van der Waals surface area contributed by atoms with Gasteiger partial charge in [0, 0.05) is 19.1 Å². The third-order valence-electron chi connectivity index (χ3n) is 8.71. The van der Waals surface area contributed by atoms with Crippen LogP contribution >= 0.6 is 0 Å². The molecule has 1 aliphatic carbocycles. The smallest absolute Gasteiger partial charge is 0.337 e. The van der Waals surface area contributed by atoms with Crippen LogP contribution in [0.3, 0.4) is 0 Å². The lowest BCUT2D eigenvalue weighted by Gasteiger charge is -2.52. The Balaban J connectivity index is 1.81. The number of allylic oxidation sites excluding steroid dienone is 1. The summed E-state index contributed by atoms with van der Waals surface area (Å²) < 4.78 is 23.8. The van der Waals surface area contributed by atoms with Crippen molar-refractivity contribution in [2.45, 2.75) is 82.6 Å². The summed E-state index contributed by atoms with van der Waals surface area (Å²) in [6.45, 7) is 8.71. The Morgan fingerprint density at radius 3 is 2.35 bits per heavy atom. The number of aliphatic hydroxyl groups excluding tert-OH is 1. The van der Waals surface area contributed by atoms with Crippen molar-refractivity contribution in [1.29, 1.82) is 0 Å². The largest absolute Gasteiger partial charge is 0.497 e. The number of carbonyl (C=O) groups excluding carboxylic acids is 2. The second kappa shape index (κ2) is 13.8. The minimum absolute atomic E-state index is 0.0947. The summed E-state index contributed by atoms with van der Waals surface area (Å²) in [5.41, 5.74) is -1.36. The highest BCUT2D eigenvalue weighted by atomic mass is 28.4. The van der Waals surface area contributed by atoms with Crippen LogP contribution in [0.1, 0.15) is 43.7 Å². The van der Waals surface area contributed by atoms with E-state index in [1.54, 1.807) is 7.11 Å². The van der Waals surface area contributed by atoms with E-state index in [0.717, 1.165) is 24.0 Å². The van der Waals surface area contributed by atoms with Crippen molar-refractivity contribution in [3.63, 3.8) is 0 Å². The van der Waals surface area contributed by atoms with Crippen LogP contribution in [0.15, 0.2) is 66.7 Å². The molecule has 1 N–H and O–H groups in total. The topological polar surface area (TPSA) is 94.5 Å². The van der Waals surface area contributed by atoms with Gasteiger partial charge in [-0.3, -0.25) is 4.79 Å². The molecule has 1 fully saturated rings. The molecule has 2 aromatic carbocycles. The number of aliphatic hydroxyl groups is 1. The first kappa shape index (κ1) is 32.9. The number of hydrogen-bond donors (Lipinski definition) is 1. The maximum absolute atomic E-state index is 14.7. The lowest BCUT2D eigenvalue weighted by atomic mass is 9.67. The number of esters is 1. The second-order valence-corrected chi connectivity index (χ2v) is 17.1. The minimum atomic E-state index is -2.42. The first-order chi connectivity index (χ1) is 20.5. The Kier molecular flexibility index (Phi) is 10.5. The number of carbonyl (C=O) groups is 2. The van der Waals surface area contributed by atoms with Crippen molar-refractivity contribution in [2.24, 2.45) is 11.8 Å². The van der Waals surface area contributed by atoms with Gasteiger partial charge in [-0.1, -0.05) is 54.6 Å². The molecule has 0 unspecified atom stereocenters.